The Morgan fingerprint density at radius 2 is 2.12 bits per heavy atom. The number of unbranched alkanes of at least 4 members (excludes halogenated alkanes) is 2. The lowest BCUT2D eigenvalue weighted by Gasteiger charge is -2.07. The van der Waals surface area contributed by atoms with E-state index in [1.54, 1.807) is 35.3 Å². The third-order valence-corrected chi connectivity index (χ3v) is 3.99. The van der Waals surface area contributed by atoms with Gasteiger partial charge in [0.1, 0.15) is 0 Å². The molecule has 2 rings (SSSR count). The number of nitrogens with one attached hydrogen (secondary N) is 2. The third kappa shape index (κ3) is 5.76. The Kier molecular flexibility index (Phi) is 6.91. The molecule has 0 atom stereocenters. The first-order valence-electron chi connectivity index (χ1n) is 7.46. The zero-order chi connectivity index (χ0) is 17.4. The van der Waals surface area contributed by atoms with Gasteiger partial charge >= 0.3 is 6.03 Å². The standard InChI is InChI=1S/C16H17Cl2N5O/c17-14-5-4-12(8-15(14)18)9-20-16(24)22-13-10-21-23(11-13)7-3-1-2-6-19/h4-5,8,10-11H,1-3,7,9H2,(H2,20,22,24). The summed E-state index contributed by atoms with van der Waals surface area (Å²) in [5.74, 6) is 0. The van der Waals surface area contributed by atoms with E-state index in [9.17, 15) is 4.79 Å². The van der Waals surface area contributed by atoms with Gasteiger partial charge in [-0.1, -0.05) is 29.3 Å². The summed E-state index contributed by atoms with van der Waals surface area (Å²) in [5.41, 5.74) is 1.47. The molecule has 24 heavy (non-hydrogen) atoms. The van der Waals surface area contributed by atoms with Crippen LogP contribution in [-0.2, 0) is 13.1 Å². The van der Waals surface area contributed by atoms with Crippen LogP contribution in [0.2, 0.25) is 10.0 Å². The average molecular weight is 366 g/mol. The van der Waals surface area contributed by atoms with E-state index >= 15 is 0 Å². The Labute approximate surface area is 150 Å². The minimum Gasteiger partial charge on any atom is -0.334 e. The third-order valence-electron chi connectivity index (χ3n) is 3.25. The molecule has 0 bridgehead atoms. The second-order valence-electron chi connectivity index (χ2n) is 5.16. The number of rotatable bonds is 7. The number of carbonyl (C=O) groups is 1. The Morgan fingerprint density at radius 1 is 1.29 bits per heavy atom. The van der Waals surface area contributed by atoms with Crippen molar-refractivity contribution in [2.24, 2.45) is 0 Å². The number of amides is 2. The molecule has 126 valence electrons. The van der Waals surface area contributed by atoms with Crippen LogP contribution in [0.1, 0.15) is 24.8 Å². The predicted molar refractivity (Wildman–Crippen MR) is 94.0 cm³/mol. The number of hydrogen-bond donors (Lipinski definition) is 2. The van der Waals surface area contributed by atoms with Crippen LogP contribution in [-0.4, -0.2) is 15.8 Å². The molecule has 8 heteroatoms. The Bertz CT molecular complexity index is 738. The van der Waals surface area contributed by atoms with Gasteiger partial charge in [0.2, 0.25) is 0 Å². The van der Waals surface area contributed by atoms with Gasteiger partial charge in [0.05, 0.1) is 28.0 Å². The maximum absolute atomic E-state index is 11.9. The van der Waals surface area contributed by atoms with Crippen LogP contribution in [0.4, 0.5) is 10.5 Å². The van der Waals surface area contributed by atoms with Crippen molar-refractivity contribution in [3.8, 4) is 6.07 Å². The zero-order valence-corrected chi connectivity index (χ0v) is 14.4. The highest BCUT2D eigenvalue weighted by Gasteiger charge is 2.05. The monoisotopic (exact) mass is 365 g/mol. The van der Waals surface area contributed by atoms with Crippen LogP contribution in [0, 0.1) is 11.3 Å². The van der Waals surface area contributed by atoms with Gasteiger partial charge in [-0.05, 0) is 30.5 Å². The molecule has 0 aliphatic rings. The summed E-state index contributed by atoms with van der Waals surface area (Å²) in [6.07, 6.45) is 5.60. The quantitative estimate of drug-likeness (QED) is 0.721. The van der Waals surface area contributed by atoms with E-state index in [0.717, 1.165) is 18.4 Å². The highest BCUT2D eigenvalue weighted by Crippen LogP contribution is 2.22. The number of aryl methyl sites for hydroxylation is 1. The highest BCUT2D eigenvalue weighted by atomic mass is 35.5. The van der Waals surface area contributed by atoms with E-state index in [4.69, 9.17) is 28.5 Å². The molecule has 6 nitrogen and oxygen atoms in total. The van der Waals surface area contributed by atoms with Crippen molar-refractivity contribution in [2.45, 2.75) is 32.4 Å². The smallest absolute Gasteiger partial charge is 0.319 e. The molecule has 0 fully saturated rings. The maximum Gasteiger partial charge on any atom is 0.319 e. The molecule has 0 saturated carbocycles. The van der Waals surface area contributed by atoms with Crippen LogP contribution in [0.25, 0.3) is 0 Å². The van der Waals surface area contributed by atoms with Gasteiger partial charge in [-0.3, -0.25) is 4.68 Å². The van der Waals surface area contributed by atoms with Gasteiger partial charge < -0.3 is 10.6 Å². The first-order valence-corrected chi connectivity index (χ1v) is 8.22. The molecular formula is C16H17Cl2N5O. The lowest BCUT2D eigenvalue weighted by atomic mass is 10.2. The first kappa shape index (κ1) is 18.1. The van der Waals surface area contributed by atoms with Crippen molar-refractivity contribution >= 4 is 34.9 Å². The first-order chi connectivity index (χ1) is 11.6. The van der Waals surface area contributed by atoms with E-state index in [1.165, 1.54) is 0 Å². The lowest BCUT2D eigenvalue weighted by molar-refractivity contribution is 0.251. The van der Waals surface area contributed by atoms with Crippen LogP contribution in [0.15, 0.2) is 30.6 Å². The minimum absolute atomic E-state index is 0.329. The van der Waals surface area contributed by atoms with Crippen LogP contribution < -0.4 is 10.6 Å². The van der Waals surface area contributed by atoms with Gasteiger partial charge in [-0.15, -0.1) is 0 Å². The molecule has 0 aliphatic carbocycles. The van der Waals surface area contributed by atoms with Gasteiger partial charge in [0.15, 0.2) is 0 Å². The summed E-state index contributed by atoms with van der Waals surface area (Å²) < 4.78 is 1.74. The van der Waals surface area contributed by atoms with Crippen molar-refractivity contribution in [3.63, 3.8) is 0 Å². The summed E-state index contributed by atoms with van der Waals surface area (Å²) in [6, 6.07) is 6.98. The number of anilines is 1. The highest BCUT2D eigenvalue weighted by molar-refractivity contribution is 6.42. The Morgan fingerprint density at radius 3 is 2.88 bits per heavy atom. The van der Waals surface area contributed by atoms with Gasteiger partial charge in [-0.25, -0.2) is 4.79 Å². The second kappa shape index (κ2) is 9.16. The van der Waals surface area contributed by atoms with E-state index < -0.39 is 0 Å². The molecule has 0 unspecified atom stereocenters. The van der Waals surface area contributed by atoms with Gasteiger partial charge in [0.25, 0.3) is 0 Å². The molecule has 0 saturated heterocycles. The summed E-state index contributed by atoms with van der Waals surface area (Å²) in [6.45, 7) is 1.05. The van der Waals surface area contributed by atoms with E-state index in [-0.39, 0.29) is 6.03 Å². The molecule has 0 aliphatic heterocycles. The van der Waals surface area contributed by atoms with Crippen molar-refractivity contribution < 1.29 is 4.79 Å². The fourth-order valence-electron chi connectivity index (χ4n) is 2.04. The minimum atomic E-state index is -0.329. The van der Waals surface area contributed by atoms with Crippen LogP contribution in [0.3, 0.4) is 0 Å². The molecule has 2 amide bonds. The van der Waals surface area contributed by atoms with Crippen molar-refractivity contribution in [1.29, 1.82) is 5.26 Å². The summed E-state index contributed by atoms with van der Waals surface area (Å²) in [7, 11) is 0. The summed E-state index contributed by atoms with van der Waals surface area (Å²) in [4.78, 5) is 11.9. The van der Waals surface area contributed by atoms with E-state index in [1.807, 2.05) is 0 Å². The Hall–Kier alpha value is -2.23. The van der Waals surface area contributed by atoms with Crippen molar-refractivity contribution in [3.05, 3.63) is 46.2 Å². The molecule has 0 spiro atoms. The molecule has 2 N–H and O–H groups in total. The lowest BCUT2D eigenvalue weighted by Crippen LogP contribution is -2.28. The Balaban J connectivity index is 1.77. The SMILES string of the molecule is N#CCCCCn1cc(NC(=O)NCc2ccc(Cl)c(Cl)c2)cn1. The van der Waals surface area contributed by atoms with E-state index in [0.29, 0.717) is 35.2 Å². The molecule has 1 aromatic heterocycles. The second-order valence-corrected chi connectivity index (χ2v) is 5.98. The molecule has 0 radical (unpaired) electrons. The number of benzene rings is 1. The number of aromatic nitrogens is 2. The topological polar surface area (TPSA) is 82.7 Å². The number of hydrogen-bond acceptors (Lipinski definition) is 3. The van der Waals surface area contributed by atoms with Crippen LogP contribution >= 0.6 is 23.2 Å². The number of nitriles is 1. The number of halogens is 2. The fourth-order valence-corrected chi connectivity index (χ4v) is 2.36. The van der Waals surface area contributed by atoms with Gasteiger partial charge in [0, 0.05) is 25.7 Å². The van der Waals surface area contributed by atoms with E-state index in [2.05, 4.69) is 21.8 Å². The molecule has 1 heterocycles. The number of carbonyl (C=O) groups excluding carboxylic acids is 1. The van der Waals surface area contributed by atoms with Crippen molar-refractivity contribution in [2.75, 3.05) is 5.32 Å². The van der Waals surface area contributed by atoms with Crippen LogP contribution in [0.5, 0.6) is 0 Å². The number of urea groups is 1. The largest absolute Gasteiger partial charge is 0.334 e. The maximum atomic E-state index is 11.9. The molecule has 1 aromatic carbocycles. The summed E-state index contributed by atoms with van der Waals surface area (Å²) in [5, 5.41) is 19.0. The van der Waals surface area contributed by atoms with Crippen molar-refractivity contribution in [1.82, 2.24) is 15.1 Å². The number of nitrogens with zero attached hydrogens (tertiary/aromatic N) is 3. The predicted octanol–water partition coefficient (Wildman–Crippen LogP) is 4.21. The molecule has 2 aromatic rings. The summed E-state index contributed by atoms with van der Waals surface area (Å²) >= 11 is 11.8. The molecular weight excluding hydrogens is 349 g/mol. The van der Waals surface area contributed by atoms with Gasteiger partial charge in [-0.2, -0.15) is 10.4 Å². The normalized spacial score (nSPS) is 10.2. The average Bonchev–Trinajstić information content (AvgIpc) is 3.00. The fraction of sp³-hybridized carbons (Fsp3) is 0.312. The zero-order valence-electron chi connectivity index (χ0n) is 12.9.